The molecule has 2 atom stereocenters. The summed E-state index contributed by atoms with van der Waals surface area (Å²) < 4.78 is 5.22. The van der Waals surface area contributed by atoms with Crippen LogP contribution in [0.15, 0.2) is 11.8 Å². The normalized spacial score (nSPS) is 36.6. The lowest BCUT2D eigenvalue weighted by molar-refractivity contribution is 0.158. The number of ether oxygens (including phenoxy) is 1. The highest BCUT2D eigenvalue weighted by atomic mass is 16.5. The maximum atomic E-state index is 5.22. The van der Waals surface area contributed by atoms with Crippen LogP contribution in [0.5, 0.6) is 0 Å². The summed E-state index contributed by atoms with van der Waals surface area (Å²) in [6, 6.07) is 0. The maximum Gasteiger partial charge on any atom is 0.101 e. The van der Waals surface area contributed by atoms with E-state index in [9.17, 15) is 0 Å². The van der Waals surface area contributed by atoms with Gasteiger partial charge in [0.05, 0.1) is 6.26 Å². The van der Waals surface area contributed by atoms with Crippen LogP contribution >= 0.6 is 0 Å². The van der Waals surface area contributed by atoms with E-state index in [0.29, 0.717) is 12.0 Å². The Hall–Kier alpha value is -0.460. The zero-order valence-electron chi connectivity index (χ0n) is 5.64. The molecule has 0 bridgehead atoms. The largest absolute Gasteiger partial charge is 0.498 e. The molecule has 1 aliphatic heterocycles. The Balaban J connectivity index is 2.59. The van der Waals surface area contributed by atoms with Crippen molar-refractivity contribution in [2.45, 2.75) is 26.9 Å². The first kappa shape index (κ1) is 5.67. The molecule has 1 heterocycles. The van der Waals surface area contributed by atoms with Gasteiger partial charge >= 0.3 is 0 Å². The Morgan fingerprint density at radius 3 is 2.25 bits per heavy atom. The van der Waals surface area contributed by atoms with Crippen molar-refractivity contribution in [1.29, 1.82) is 0 Å². The van der Waals surface area contributed by atoms with Crippen LogP contribution in [0.1, 0.15) is 20.8 Å². The number of hydrogen-bond acceptors (Lipinski definition) is 1. The molecule has 0 aliphatic carbocycles. The molecule has 1 nitrogen and oxygen atoms in total. The van der Waals surface area contributed by atoms with Crippen molar-refractivity contribution in [2.24, 2.45) is 5.92 Å². The lowest BCUT2D eigenvalue weighted by Crippen LogP contribution is -2.09. The van der Waals surface area contributed by atoms with Gasteiger partial charge in [0.15, 0.2) is 0 Å². The smallest absolute Gasteiger partial charge is 0.101 e. The summed E-state index contributed by atoms with van der Waals surface area (Å²) in [5, 5.41) is 0. The molecule has 0 aromatic heterocycles. The minimum absolute atomic E-state index is 0.398. The highest BCUT2D eigenvalue weighted by molar-refractivity contribution is 5.05. The summed E-state index contributed by atoms with van der Waals surface area (Å²) in [5.41, 5.74) is 1.36. The molecule has 0 aromatic carbocycles. The average molecular weight is 112 g/mol. The fourth-order valence-corrected chi connectivity index (χ4v) is 0.810. The van der Waals surface area contributed by atoms with Gasteiger partial charge in [-0.05, 0) is 19.4 Å². The van der Waals surface area contributed by atoms with Crippen molar-refractivity contribution < 1.29 is 4.74 Å². The molecule has 2 unspecified atom stereocenters. The van der Waals surface area contributed by atoms with E-state index in [-0.39, 0.29) is 0 Å². The molecule has 46 valence electrons. The predicted octanol–water partition coefficient (Wildman–Crippen LogP) is 1.95. The molecule has 8 heavy (non-hydrogen) atoms. The van der Waals surface area contributed by atoms with Crippen molar-refractivity contribution >= 4 is 0 Å². The van der Waals surface area contributed by atoms with Gasteiger partial charge in [0.25, 0.3) is 0 Å². The van der Waals surface area contributed by atoms with E-state index in [0.717, 1.165) is 0 Å². The first-order chi connectivity index (χ1) is 3.72. The number of hydrogen-bond donors (Lipinski definition) is 0. The standard InChI is InChI=1S/C7H12O/c1-5-4-8-7(3)6(5)2/h4,6-7H,1-3H3. The fourth-order valence-electron chi connectivity index (χ4n) is 0.810. The second kappa shape index (κ2) is 1.81. The van der Waals surface area contributed by atoms with E-state index < -0.39 is 0 Å². The van der Waals surface area contributed by atoms with Crippen LogP contribution in [-0.2, 0) is 4.74 Å². The van der Waals surface area contributed by atoms with E-state index in [4.69, 9.17) is 4.74 Å². The van der Waals surface area contributed by atoms with Crippen molar-refractivity contribution in [3.63, 3.8) is 0 Å². The van der Waals surface area contributed by atoms with E-state index in [1.807, 2.05) is 6.26 Å². The molecule has 0 amide bonds. The minimum atomic E-state index is 0.398. The first-order valence-corrected chi connectivity index (χ1v) is 3.04. The second-order valence-electron chi connectivity index (χ2n) is 2.49. The molecule has 0 radical (unpaired) electrons. The molecular weight excluding hydrogens is 100 g/mol. The number of rotatable bonds is 0. The average Bonchev–Trinajstić information content (AvgIpc) is 1.98. The molecule has 0 saturated heterocycles. The lowest BCUT2D eigenvalue weighted by atomic mass is 10.0. The second-order valence-corrected chi connectivity index (χ2v) is 2.49. The molecular formula is C7H12O. The van der Waals surface area contributed by atoms with Crippen LogP contribution in [0, 0.1) is 5.92 Å². The third-order valence-corrected chi connectivity index (χ3v) is 1.89. The third kappa shape index (κ3) is 0.726. The molecule has 0 N–H and O–H groups in total. The Morgan fingerprint density at radius 1 is 1.50 bits per heavy atom. The Morgan fingerprint density at radius 2 is 2.12 bits per heavy atom. The van der Waals surface area contributed by atoms with Gasteiger partial charge in [0.1, 0.15) is 6.10 Å². The molecule has 0 fully saturated rings. The van der Waals surface area contributed by atoms with Gasteiger partial charge in [0, 0.05) is 5.92 Å². The molecule has 0 aromatic rings. The van der Waals surface area contributed by atoms with Crippen LogP contribution in [0.25, 0.3) is 0 Å². The predicted molar refractivity (Wildman–Crippen MR) is 33.5 cm³/mol. The van der Waals surface area contributed by atoms with Gasteiger partial charge in [-0.15, -0.1) is 0 Å². The van der Waals surface area contributed by atoms with Gasteiger partial charge in [-0.25, -0.2) is 0 Å². The van der Waals surface area contributed by atoms with Gasteiger partial charge in [0.2, 0.25) is 0 Å². The van der Waals surface area contributed by atoms with Crippen molar-refractivity contribution in [2.75, 3.05) is 0 Å². The summed E-state index contributed by atoms with van der Waals surface area (Å²) >= 11 is 0. The topological polar surface area (TPSA) is 9.23 Å². The molecule has 1 rings (SSSR count). The highest BCUT2D eigenvalue weighted by Gasteiger charge is 2.19. The zero-order chi connectivity index (χ0) is 6.15. The Labute approximate surface area is 50.3 Å². The summed E-state index contributed by atoms with van der Waals surface area (Å²) in [7, 11) is 0. The summed E-state index contributed by atoms with van der Waals surface area (Å²) in [6.07, 6.45) is 2.25. The van der Waals surface area contributed by atoms with Gasteiger partial charge in [-0.2, -0.15) is 0 Å². The molecule has 1 heteroatoms. The van der Waals surface area contributed by atoms with Crippen LogP contribution in [0.4, 0.5) is 0 Å². The summed E-state index contributed by atoms with van der Waals surface area (Å²) in [4.78, 5) is 0. The van der Waals surface area contributed by atoms with Gasteiger partial charge < -0.3 is 4.74 Å². The summed E-state index contributed by atoms with van der Waals surface area (Å²) in [5.74, 6) is 0.620. The summed E-state index contributed by atoms with van der Waals surface area (Å²) in [6.45, 7) is 6.38. The van der Waals surface area contributed by atoms with Crippen molar-refractivity contribution in [1.82, 2.24) is 0 Å². The van der Waals surface area contributed by atoms with Gasteiger partial charge in [-0.1, -0.05) is 6.92 Å². The van der Waals surface area contributed by atoms with Crippen LogP contribution in [0.3, 0.4) is 0 Å². The Bertz CT molecular complexity index is 116. The van der Waals surface area contributed by atoms with Crippen LogP contribution < -0.4 is 0 Å². The van der Waals surface area contributed by atoms with E-state index in [1.165, 1.54) is 5.57 Å². The van der Waals surface area contributed by atoms with E-state index in [1.54, 1.807) is 0 Å². The molecule has 1 aliphatic rings. The maximum absolute atomic E-state index is 5.22. The molecule has 0 spiro atoms. The molecule has 0 saturated carbocycles. The monoisotopic (exact) mass is 112 g/mol. The first-order valence-electron chi connectivity index (χ1n) is 3.04. The Kier molecular flexibility index (Phi) is 1.28. The minimum Gasteiger partial charge on any atom is -0.498 e. The lowest BCUT2D eigenvalue weighted by Gasteiger charge is -2.08. The third-order valence-electron chi connectivity index (χ3n) is 1.89. The SMILES string of the molecule is CC1=COC(C)C1C. The van der Waals surface area contributed by atoms with E-state index >= 15 is 0 Å². The zero-order valence-corrected chi connectivity index (χ0v) is 5.64. The van der Waals surface area contributed by atoms with Crippen LogP contribution in [0.2, 0.25) is 0 Å². The van der Waals surface area contributed by atoms with E-state index in [2.05, 4.69) is 20.8 Å². The van der Waals surface area contributed by atoms with Crippen molar-refractivity contribution in [3.05, 3.63) is 11.8 Å². The van der Waals surface area contributed by atoms with Crippen molar-refractivity contribution in [3.8, 4) is 0 Å². The van der Waals surface area contributed by atoms with Crippen LogP contribution in [-0.4, -0.2) is 6.10 Å². The highest BCUT2D eigenvalue weighted by Crippen LogP contribution is 2.23. The quantitative estimate of drug-likeness (QED) is 0.465. The fraction of sp³-hybridized carbons (Fsp3) is 0.714. The van der Waals surface area contributed by atoms with Gasteiger partial charge in [-0.3, -0.25) is 0 Å².